The predicted molar refractivity (Wildman–Crippen MR) is 74.7 cm³/mol. The van der Waals surface area contributed by atoms with Gasteiger partial charge >= 0.3 is 0 Å². The van der Waals surface area contributed by atoms with E-state index in [4.69, 9.17) is 4.74 Å². The van der Waals surface area contributed by atoms with Crippen molar-refractivity contribution >= 4 is 10.9 Å². The molecule has 3 rings (SSSR count). The lowest BCUT2D eigenvalue weighted by molar-refractivity contribution is 0.344. The highest BCUT2D eigenvalue weighted by molar-refractivity contribution is 5.89. The van der Waals surface area contributed by atoms with E-state index in [-0.39, 0.29) is 0 Å². The number of benzene rings is 1. The number of ether oxygens (including phenoxy) is 1. The molecular formula is C15H12N4O. The second-order valence-electron chi connectivity index (χ2n) is 4.15. The van der Waals surface area contributed by atoms with Gasteiger partial charge in [-0.2, -0.15) is 5.26 Å². The molecule has 0 aliphatic heterocycles. The van der Waals surface area contributed by atoms with Crippen molar-refractivity contribution in [3.8, 4) is 17.8 Å². The number of fused-ring (bicyclic) bond motifs is 1. The Hall–Kier alpha value is -2.87. The first-order chi connectivity index (χ1) is 9.85. The number of aromatic nitrogens is 3. The van der Waals surface area contributed by atoms with Crippen LogP contribution in [-0.2, 0) is 0 Å². The molecule has 98 valence electrons. The van der Waals surface area contributed by atoms with Crippen molar-refractivity contribution in [1.29, 1.82) is 5.26 Å². The standard InChI is InChI=1S/C15H12N4O/c1-2-20-14-6-3-5-13-12(14)9-11(10-16)19(13)15-17-7-4-8-18-15/h3-9H,2H2,1H3. The Morgan fingerprint density at radius 1 is 1.25 bits per heavy atom. The lowest BCUT2D eigenvalue weighted by Crippen LogP contribution is -2.02. The summed E-state index contributed by atoms with van der Waals surface area (Å²) in [6.45, 7) is 2.51. The number of hydrogen-bond acceptors (Lipinski definition) is 4. The van der Waals surface area contributed by atoms with Gasteiger partial charge in [-0.3, -0.25) is 4.57 Å². The first-order valence-corrected chi connectivity index (χ1v) is 6.30. The van der Waals surface area contributed by atoms with Gasteiger partial charge in [0, 0.05) is 17.8 Å². The summed E-state index contributed by atoms with van der Waals surface area (Å²) in [7, 11) is 0. The second-order valence-corrected chi connectivity index (χ2v) is 4.15. The topological polar surface area (TPSA) is 63.7 Å². The molecule has 0 fully saturated rings. The minimum Gasteiger partial charge on any atom is -0.493 e. The Kier molecular flexibility index (Phi) is 3.05. The zero-order chi connectivity index (χ0) is 13.9. The molecule has 0 saturated carbocycles. The Morgan fingerprint density at radius 3 is 2.75 bits per heavy atom. The van der Waals surface area contributed by atoms with Crippen molar-refractivity contribution in [1.82, 2.24) is 14.5 Å². The fourth-order valence-corrected chi connectivity index (χ4v) is 2.19. The van der Waals surface area contributed by atoms with E-state index < -0.39 is 0 Å². The Morgan fingerprint density at radius 2 is 2.05 bits per heavy atom. The van der Waals surface area contributed by atoms with Gasteiger partial charge in [0.25, 0.3) is 0 Å². The Balaban J connectivity index is 2.32. The molecule has 0 amide bonds. The summed E-state index contributed by atoms with van der Waals surface area (Å²) in [4.78, 5) is 8.43. The maximum Gasteiger partial charge on any atom is 0.235 e. The van der Waals surface area contributed by atoms with Crippen LogP contribution < -0.4 is 4.74 Å². The zero-order valence-electron chi connectivity index (χ0n) is 10.9. The molecule has 20 heavy (non-hydrogen) atoms. The average Bonchev–Trinajstić information content (AvgIpc) is 2.88. The van der Waals surface area contributed by atoms with Crippen molar-refractivity contribution in [3.63, 3.8) is 0 Å². The van der Waals surface area contributed by atoms with Crippen LogP contribution in [0.4, 0.5) is 0 Å². The van der Waals surface area contributed by atoms with Crippen LogP contribution in [0.15, 0.2) is 42.7 Å². The molecule has 0 saturated heterocycles. The van der Waals surface area contributed by atoms with E-state index >= 15 is 0 Å². The Bertz CT molecular complexity index is 787. The highest BCUT2D eigenvalue weighted by Crippen LogP contribution is 2.30. The van der Waals surface area contributed by atoms with Gasteiger partial charge in [0.1, 0.15) is 17.5 Å². The van der Waals surface area contributed by atoms with Gasteiger partial charge in [-0.1, -0.05) is 6.07 Å². The van der Waals surface area contributed by atoms with Crippen LogP contribution in [0, 0.1) is 11.3 Å². The number of rotatable bonds is 3. The predicted octanol–water partition coefficient (Wildman–Crippen LogP) is 2.69. The van der Waals surface area contributed by atoms with E-state index in [9.17, 15) is 5.26 Å². The van der Waals surface area contributed by atoms with E-state index in [0.717, 1.165) is 16.7 Å². The lowest BCUT2D eigenvalue weighted by Gasteiger charge is -2.06. The molecule has 0 spiro atoms. The normalized spacial score (nSPS) is 10.4. The molecule has 0 aliphatic rings. The van der Waals surface area contributed by atoms with Crippen LogP contribution in [0.3, 0.4) is 0 Å². The molecule has 1 aromatic carbocycles. The van der Waals surface area contributed by atoms with Gasteiger partial charge in [0.05, 0.1) is 12.1 Å². The fourth-order valence-electron chi connectivity index (χ4n) is 2.19. The van der Waals surface area contributed by atoms with E-state index in [1.165, 1.54) is 0 Å². The van der Waals surface area contributed by atoms with Crippen molar-refractivity contribution in [3.05, 3.63) is 48.4 Å². The molecule has 5 nitrogen and oxygen atoms in total. The van der Waals surface area contributed by atoms with E-state index in [1.54, 1.807) is 29.1 Å². The van der Waals surface area contributed by atoms with E-state index in [1.807, 2.05) is 25.1 Å². The molecule has 0 N–H and O–H groups in total. The maximum atomic E-state index is 9.33. The zero-order valence-corrected chi connectivity index (χ0v) is 10.9. The number of nitriles is 1. The first kappa shape index (κ1) is 12.2. The van der Waals surface area contributed by atoms with Crippen molar-refractivity contribution < 1.29 is 4.74 Å². The lowest BCUT2D eigenvalue weighted by atomic mass is 10.2. The molecule has 2 heterocycles. The monoisotopic (exact) mass is 264 g/mol. The van der Waals surface area contributed by atoms with Crippen molar-refractivity contribution in [2.75, 3.05) is 6.61 Å². The van der Waals surface area contributed by atoms with Crippen molar-refractivity contribution in [2.45, 2.75) is 6.92 Å². The molecule has 2 aromatic heterocycles. The largest absolute Gasteiger partial charge is 0.493 e. The summed E-state index contributed by atoms with van der Waals surface area (Å²) in [5.74, 6) is 1.24. The third-order valence-electron chi connectivity index (χ3n) is 2.97. The van der Waals surface area contributed by atoms with Crippen LogP contribution in [0.1, 0.15) is 12.6 Å². The van der Waals surface area contributed by atoms with Gasteiger partial charge in [-0.25, -0.2) is 9.97 Å². The van der Waals surface area contributed by atoms with E-state index in [2.05, 4.69) is 16.0 Å². The second kappa shape index (κ2) is 5.02. The minimum absolute atomic E-state index is 0.479. The fraction of sp³-hybridized carbons (Fsp3) is 0.133. The number of hydrogen-bond donors (Lipinski definition) is 0. The van der Waals surface area contributed by atoms with Gasteiger partial charge in [-0.15, -0.1) is 0 Å². The summed E-state index contributed by atoms with van der Waals surface area (Å²) >= 11 is 0. The molecule has 5 heteroatoms. The molecule has 0 bridgehead atoms. The minimum atomic E-state index is 0.479. The highest BCUT2D eigenvalue weighted by atomic mass is 16.5. The molecule has 0 radical (unpaired) electrons. The number of nitrogens with zero attached hydrogens (tertiary/aromatic N) is 4. The summed E-state index contributed by atoms with van der Waals surface area (Å²) in [6, 6.07) is 11.4. The Labute approximate surface area is 116 Å². The van der Waals surface area contributed by atoms with Crippen LogP contribution in [0.5, 0.6) is 5.75 Å². The van der Waals surface area contributed by atoms with Crippen LogP contribution in [-0.4, -0.2) is 21.1 Å². The van der Waals surface area contributed by atoms with Crippen LogP contribution >= 0.6 is 0 Å². The molecule has 0 unspecified atom stereocenters. The molecule has 0 aliphatic carbocycles. The molecule has 3 aromatic rings. The molecular weight excluding hydrogens is 252 g/mol. The SMILES string of the molecule is CCOc1cccc2c1cc(C#N)n2-c1ncccn1. The van der Waals surface area contributed by atoms with Gasteiger partial charge in [-0.05, 0) is 31.2 Å². The summed E-state index contributed by atoms with van der Waals surface area (Å²) < 4.78 is 7.34. The average molecular weight is 264 g/mol. The van der Waals surface area contributed by atoms with Gasteiger partial charge < -0.3 is 4.74 Å². The van der Waals surface area contributed by atoms with Crippen molar-refractivity contribution in [2.24, 2.45) is 0 Å². The first-order valence-electron chi connectivity index (χ1n) is 6.30. The smallest absolute Gasteiger partial charge is 0.235 e. The summed E-state index contributed by atoms with van der Waals surface area (Å²) in [6.07, 6.45) is 3.31. The summed E-state index contributed by atoms with van der Waals surface area (Å²) in [5.41, 5.74) is 1.34. The van der Waals surface area contributed by atoms with E-state index in [0.29, 0.717) is 18.2 Å². The quantitative estimate of drug-likeness (QED) is 0.729. The third kappa shape index (κ3) is 1.88. The van der Waals surface area contributed by atoms with Gasteiger partial charge in [0.2, 0.25) is 5.95 Å². The third-order valence-corrected chi connectivity index (χ3v) is 2.97. The van der Waals surface area contributed by atoms with Gasteiger partial charge in [0.15, 0.2) is 0 Å². The summed E-state index contributed by atoms with van der Waals surface area (Å²) in [5, 5.41) is 10.2. The van der Waals surface area contributed by atoms with Crippen LogP contribution in [0.25, 0.3) is 16.9 Å². The highest BCUT2D eigenvalue weighted by Gasteiger charge is 2.14. The molecule has 0 atom stereocenters. The maximum absolute atomic E-state index is 9.33. The van der Waals surface area contributed by atoms with Crippen LogP contribution in [0.2, 0.25) is 0 Å².